The first-order chi connectivity index (χ1) is 13.9. The number of phenols is 1. The molecule has 0 atom stereocenters. The summed E-state index contributed by atoms with van der Waals surface area (Å²) < 4.78 is 7.17. The number of aromatic nitrogens is 2. The summed E-state index contributed by atoms with van der Waals surface area (Å²) in [5.41, 5.74) is 2.76. The number of rotatable bonds is 8. The van der Waals surface area contributed by atoms with Crippen molar-refractivity contribution >= 4 is 68.9 Å². The molecule has 0 spiro atoms. The second-order valence-corrected chi connectivity index (χ2v) is 6.60. The predicted octanol–water partition coefficient (Wildman–Crippen LogP) is 3.05. The van der Waals surface area contributed by atoms with Gasteiger partial charge in [-0.1, -0.05) is 12.1 Å². The molecule has 9 heteroatoms. The third-order valence-electron chi connectivity index (χ3n) is 4.69. The van der Waals surface area contributed by atoms with Crippen LogP contribution in [0.5, 0.6) is 5.75 Å². The number of aromatic carboxylic acids is 1. The Morgan fingerprint density at radius 1 is 1.17 bits per heavy atom. The molecule has 0 aliphatic heterocycles. The van der Waals surface area contributed by atoms with Gasteiger partial charge in [-0.3, -0.25) is 4.79 Å². The molecule has 0 aliphatic rings. The van der Waals surface area contributed by atoms with Gasteiger partial charge in [0.25, 0.3) is 0 Å². The van der Waals surface area contributed by atoms with Gasteiger partial charge in [-0.05, 0) is 37.6 Å². The van der Waals surface area contributed by atoms with Crippen LogP contribution in [0.15, 0.2) is 41.2 Å². The van der Waals surface area contributed by atoms with Crippen LogP contribution >= 0.6 is 0 Å². The Morgan fingerprint density at radius 3 is 2.47 bits per heavy atom. The molecule has 0 saturated carbocycles. The summed E-state index contributed by atoms with van der Waals surface area (Å²) in [7, 11) is 0. The van der Waals surface area contributed by atoms with Crippen LogP contribution in [0.25, 0.3) is 11.3 Å². The van der Waals surface area contributed by atoms with Gasteiger partial charge in [0.2, 0.25) is 5.91 Å². The summed E-state index contributed by atoms with van der Waals surface area (Å²) in [5.74, 6) is -0.597. The standard InChI is InChI=1S/C21H23N3O5.K.H/c1-3-15-18(29-23-20(15)13-5-7-14(25)8-6-13)9-10-19(26)22-17-12-24(4-2)11-16(17)21(27)28;;/h5-8,11-12,25H,3-4,9-10H2,1-2H3,(H,22,26)(H,27,28);;. The Bertz CT molecular complexity index is 1020. The van der Waals surface area contributed by atoms with E-state index in [0.717, 1.165) is 11.1 Å². The third-order valence-corrected chi connectivity index (χ3v) is 4.69. The summed E-state index contributed by atoms with van der Waals surface area (Å²) in [4.78, 5) is 23.7. The number of aromatic hydroxyl groups is 1. The zero-order chi connectivity index (χ0) is 21.0. The minimum absolute atomic E-state index is 0. The number of benzene rings is 1. The average Bonchev–Trinajstić information content (AvgIpc) is 3.30. The second kappa shape index (κ2) is 10.9. The van der Waals surface area contributed by atoms with E-state index in [2.05, 4.69) is 10.5 Å². The molecule has 154 valence electrons. The van der Waals surface area contributed by atoms with Crippen molar-refractivity contribution in [1.82, 2.24) is 9.72 Å². The van der Waals surface area contributed by atoms with Gasteiger partial charge in [-0.25, -0.2) is 4.79 Å². The number of carboxylic acid groups (broad SMARTS) is 1. The van der Waals surface area contributed by atoms with E-state index >= 15 is 0 Å². The van der Waals surface area contributed by atoms with Crippen LogP contribution in [0.2, 0.25) is 0 Å². The molecular formula is C21H24KN3O5. The van der Waals surface area contributed by atoms with Gasteiger partial charge in [0.05, 0.1) is 5.69 Å². The topological polar surface area (TPSA) is 118 Å². The van der Waals surface area contributed by atoms with Gasteiger partial charge in [0.1, 0.15) is 22.8 Å². The van der Waals surface area contributed by atoms with E-state index < -0.39 is 5.97 Å². The molecule has 3 rings (SSSR count). The number of carbonyl (C=O) groups is 2. The number of phenolic OH excluding ortho intramolecular Hbond substituents is 1. The minimum atomic E-state index is -1.09. The van der Waals surface area contributed by atoms with E-state index in [1.165, 1.54) is 6.20 Å². The van der Waals surface area contributed by atoms with Gasteiger partial charge in [-0.15, -0.1) is 0 Å². The Morgan fingerprint density at radius 2 is 1.87 bits per heavy atom. The fraction of sp³-hybridized carbons (Fsp3) is 0.286. The molecule has 0 aliphatic carbocycles. The normalized spacial score (nSPS) is 10.5. The Hall–Kier alpha value is -1.91. The number of carbonyl (C=O) groups excluding carboxylic acids is 1. The van der Waals surface area contributed by atoms with E-state index in [0.29, 0.717) is 30.8 Å². The van der Waals surface area contributed by atoms with E-state index in [9.17, 15) is 19.8 Å². The summed E-state index contributed by atoms with van der Waals surface area (Å²) in [6.45, 7) is 4.47. The van der Waals surface area contributed by atoms with E-state index in [-0.39, 0.29) is 80.7 Å². The zero-order valence-corrected chi connectivity index (χ0v) is 16.3. The molecule has 0 unspecified atom stereocenters. The second-order valence-electron chi connectivity index (χ2n) is 6.60. The van der Waals surface area contributed by atoms with Gasteiger partial charge in [0.15, 0.2) is 0 Å². The number of carboxylic acids is 1. The van der Waals surface area contributed by atoms with Crippen molar-refractivity contribution in [3.8, 4) is 17.0 Å². The maximum atomic E-state index is 12.4. The predicted molar refractivity (Wildman–Crippen MR) is 114 cm³/mol. The Kier molecular flexibility index (Phi) is 8.87. The molecule has 2 heterocycles. The summed E-state index contributed by atoms with van der Waals surface area (Å²) >= 11 is 0. The van der Waals surface area contributed by atoms with Crippen molar-refractivity contribution in [2.45, 2.75) is 39.7 Å². The van der Waals surface area contributed by atoms with Crippen molar-refractivity contribution in [2.75, 3.05) is 5.32 Å². The Balaban J connectivity index is 0.00000320. The molecule has 0 saturated heterocycles. The maximum absolute atomic E-state index is 12.4. The van der Waals surface area contributed by atoms with E-state index in [1.54, 1.807) is 35.0 Å². The molecule has 8 nitrogen and oxygen atoms in total. The number of amides is 1. The molecule has 3 N–H and O–H groups in total. The van der Waals surface area contributed by atoms with Crippen molar-refractivity contribution in [3.63, 3.8) is 0 Å². The molecule has 2 aromatic heterocycles. The SMILES string of the molecule is CCc1c(-c2ccc(O)cc2)noc1CCC(=O)Nc1cn(CC)cc1C(=O)O.[KH]. The number of hydrogen-bond donors (Lipinski definition) is 3. The average molecular weight is 438 g/mol. The summed E-state index contributed by atoms with van der Waals surface area (Å²) in [6.07, 6.45) is 4.26. The van der Waals surface area contributed by atoms with Crippen molar-refractivity contribution < 1.29 is 24.3 Å². The van der Waals surface area contributed by atoms with Crippen molar-refractivity contribution in [3.05, 3.63) is 53.5 Å². The van der Waals surface area contributed by atoms with E-state index in [4.69, 9.17) is 4.52 Å². The van der Waals surface area contributed by atoms with Crippen molar-refractivity contribution in [2.24, 2.45) is 0 Å². The van der Waals surface area contributed by atoms with Gasteiger partial charge in [0, 0.05) is 42.9 Å². The number of hydrogen-bond acceptors (Lipinski definition) is 5. The van der Waals surface area contributed by atoms with Crippen LogP contribution in [0.3, 0.4) is 0 Å². The van der Waals surface area contributed by atoms with E-state index in [1.807, 2.05) is 13.8 Å². The monoisotopic (exact) mass is 437 g/mol. The van der Waals surface area contributed by atoms with Crippen LogP contribution in [-0.2, 0) is 24.2 Å². The molecule has 0 radical (unpaired) electrons. The molecular weight excluding hydrogens is 413 g/mol. The first kappa shape index (κ1) is 24.4. The third kappa shape index (κ3) is 5.61. The molecule has 0 fully saturated rings. The molecule has 3 aromatic rings. The van der Waals surface area contributed by atoms with Crippen LogP contribution in [0, 0.1) is 0 Å². The number of anilines is 1. The summed E-state index contributed by atoms with van der Waals surface area (Å²) in [6, 6.07) is 6.68. The number of nitrogens with zero attached hydrogens (tertiary/aromatic N) is 2. The number of nitrogens with one attached hydrogen (secondary N) is 1. The first-order valence-corrected chi connectivity index (χ1v) is 9.42. The first-order valence-electron chi connectivity index (χ1n) is 9.42. The van der Waals surface area contributed by atoms with Gasteiger partial charge >= 0.3 is 57.4 Å². The fourth-order valence-electron chi connectivity index (χ4n) is 3.15. The van der Waals surface area contributed by atoms with Crippen LogP contribution in [0.1, 0.15) is 41.9 Å². The van der Waals surface area contributed by atoms with Gasteiger partial charge < -0.3 is 24.6 Å². The molecule has 1 aromatic carbocycles. The molecule has 1 amide bonds. The fourth-order valence-corrected chi connectivity index (χ4v) is 3.15. The number of aryl methyl sites for hydroxylation is 2. The zero-order valence-electron chi connectivity index (χ0n) is 16.3. The van der Waals surface area contributed by atoms with Crippen LogP contribution in [-0.4, -0.2) is 83.2 Å². The molecule has 30 heavy (non-hydrogen) atoms. The van der Waals surface area contributed by atoms with Gasteiger partial charge in [-0.2, -0.15) is 0 Å². The summed E-state index contributed by atoms with van der Waals surface area (Å²) in [5, 5.41) is 25.5. The molecule has 0 bridgehead atoms. The quantitative estimate of drug-likeness (QED) is 0.466. The van der Waals surface area contributed by atoms with Crippen molar-refractivity contribution in [1.29, 1.82) is 0 Å². The Labute approximate surface area is 216 Å². The van der Waals surface area contributed by atoms with Crippen LogP contribution in [0.4, 0.5) is 5.69 Å². The van der Waals surface area contributed by atoms with Crippen LogP contribution < -0.4 is 5.32 Å².